The molecule has 0 radical (unpaired) electrons. The van der Waals surface area contributed by atoms with Crippen LogP contribution in [-0.4, -0.2) is 24.1 Å². The van der Waals surface area contributed by atoms with Gasteiger partial charge in [0.1, 0.15) is 4.90 Å². The van der Waals surface area contributed by atoms with Gasteiger partial charge in [-0.1, -0.05) is 22.0 Å². The number of aryl methyl sites for hydroxylation is 2. The monoisotopic (exact) mass is 372 g/mol. The Balaban J connectivity index is 2.39. The molecule has 0 aliphatic heterocycles. The summed E-state index contributed by atoms with van der Waals surface area (Å²) in [6.45, 7) is 1.78. The van der Waals surface area contributed by atoms with Gasteiger partial charge in [-0.15, -0.1) is 0 Å². The second-order valence-electron chi connectivity index (χ2n) is 4.47. The van der Waals surface area contributed by atoms with Crippen molar-refractivity contribution in [1.29, 1.82) is 0 Å². The third kappa shape index (κ3) is 3.49. The fraction of sp³-hybridized carbons (Fsp3) is 0.167. The van der Waals surface area contributed by atoms with Crippen LogP contribution >= 0.6 is 15.9 Å². The normalized spacial score (nSPS) is 11.4. The van der Waals surface area contributed by atoms with Crippen molar-refractivity contribution in [3.63, 3.8) is 0 Å². The Kier molecular flexibility index (Phi) is 4.17. The summed E-state index contributed by atoms with van der Waals surface area (Å²) in [6.07, 6.45) is 1.23. The fourth-order valence-electron chi connectivity index (χ4n) is 1.78. The highest BCUT2D eigenvalue weighted by Crippen LogP contribution is 2.21. The molecule has 0 atom stereocenters. The van der Waals surface area contributed by atoms with Crippen molar-refractivity contribution in [2.45, 2.75) is 11.8 Å². The summed E-state index contributed by atoms with van der Waals surface area (Å²) >= 11 is 3.28. The molecule has 7 nitrogen and oxygen atoms in total. The standard InChI is InChI=1S/C12H13BrN4O3S/c1-7-3-4-8(13)5-9(7)12(18)15-11-10(21(14,19)20)6-17(2)16-11/h3-6H,1-2H3,(H2,14,19,20)(H,15,16,18). The lowest BCUT2D eigenvalue weighted by Gasteiger charge is -2.07. The Morgan fingerprint density at radius 1 is 1.43 bits per heavy atom. The maximum absolute atomic E-state index is 12.3. The predicted molar refractivity (Wildman–Crippen MR) is 81.4 cm³/mol. The number of halogens is 1. The number of nitrogens with one attached hydrogen (secondary N) is 1. The number of rotatable bonds is 3. The number of hydrogen-bond donors (Lipinski definition) is 2. The second kappa shape index (κ2) is 5.58. The number of carbonyl (C=O) groups excluding carboxylic acids is 1. The molecule has 0 aliphatic rings. The molecule has 2 rings (SSSR count). The average Bonchev–Trinajstić information content (AvgIpc) is 2.73. The lowest BCUT2D eigenvalue weighted by molar-refractivity contribution is 0.102. The van der Waals surface area contributed by atoms with Crippen molar-refractivity contribution in [2.75, 3.05) is 5.32 Å². The number of aromatic nitrogens is 2. The van der Waals surface area contributed by atoms with E-state index in [-0.39, 0.29) is 10.7 Å². The van der Waals surface area contributed by atoms with Gasteiger partial charge in [0, 0.05) is 23.3 Å². The number of carbonyl (C=O) groups is 1. The molecular formula is C12H13BrN4O3S. The van der Waals surface area contributed by atoms with E-state index in [4.69, 9.17) is 5.14 Å². The van der Waals surface area contributed by atoms with Crippen LogP contribution in [0.25, 0.3) is 0 Å². The number of sulfonamides is 1. The predicted octanol–water partition coefficient (Wildman–Crippen LogP) is 1.39. The van der Waals surface area contributed by atoms with Gasteiger partial charge in [-0.25, -0.2) is 13.6 Å². The Labute approximate surface area is 130 Å². The molecule has 0 spiro atoms. The molecule has 9 heteroatoms. The minimum Gasteiger partial charge on any atom is -0.304 e. The number of anilines is 1. The third-order valence-electron chi connectivity index (χ3n) is 2.78. The minimum atomic E-state index is -3.97. The molecule has 3 N–H and O–H groups in total. The maximum atomic E-state index is 12.3. The summed E-state index contributed by atoms with van der Waals surface area (Å²) in [5, 5.41) is 11.5. The largest absolute Gasteiger partial charge is 0.304 e. The summed E-state index contributed by atoms with van der Waals surface area (Å²) in [4.78, 5) is 12.0. The molecule has 1 aromatic carbocycles. The maximum Gasteiger partial charge on any atom is 0.257 e. The van der Waals surface area contributed by atoms with Gasteiger partial charge in [0.15, 0.2) is 5.82 Å². The summed E-state index contributed by atoms with van der Waals surface area (Å²) < 4.78 is 25.0. The van der Waals surface area contributed by atoms with E-state index in [1.54, 1.807) is 19.1 Å². The minimum absolute atomic E-state index is 0.0932. The zero-order valence-electron chi connectivity index (χ0n) is 11.3. The van der Waals surface area contributed by atoms with Gasteiger partial charge in [0.05, 0.1) is 0 Å². The van der Waals surface area contributed by atoms with E-state index in [1.807, 2.05) is 6.07 Å². The molecule has 0 saturated heterocycles. The van der Waals surface area contributed by atoms with E-state index in [1.165, 1.54) is 17.9 Å². The van der Waals surface area contributed by atoms with Gasteiger partial charge >= 0.3 is 0 Å². The fourth-order valence-corrected chi connectivity index (χ4v) is 2.80. The van der Waals surface area contributed by atoms with E-state index in [2.05, 4.69) is 26.3 Å². The summed E-state index contributed by atoms with van der Waals surface area (Å²) in [5.41, 5.74) is 1.17. The lowest BCUT2D eigenvalue weighted by atomic mass is 10.1. The molecule has 1 heterocycles. The van der Waals surface area contributed by atoms with E-state index < -0.39 is 15.9 Å². The smallest absolute Gasteiger partial charge is 0.257 e. The van der Waals surface area contributed by atoms with Crippen molar-refractivity contribution >= 4 is 37.7 Å². The van der Waals surface area contributed by atoms with Crippen LogP contribution in [-0.2, 0) is 17.1 Å². The molecule has 1 amide bonds. The average molecular weight is 373 g/mol. The topological polar surface area (TPSA) is 107 Å². The van der Waals surface area contributed by atoms with E-state index in [0.717, 1.165) is 10.0 Å². The zero-order valence-corrected chi connectivity index (χ0v) is 13.7. The number of nitrogens with zero attached hydrogens (tertiary/aromatic N) is 2. The Bertz CT molecular complexity index is 814. The molecule has 112 valence electrons. The second-order valence-corrected chi connectivity index (χ2v) is 6.92. The molecule has 0 saturated carbocycles. The van der Waals surface area contributed by atoms with Crippen molar-refractivity contribution in [3.8, 4) is 0 Å². The highest BCUT2D eigenvalue weighted by Gasteiger charge is 2.21. The van der Waals surface area contributed by atoms with Crippen LogP contribution in [0.2, 0.25) is 0 Å². The van der Waals surface area contributed by atoms with Crippen molar-refractivity contribution in [3.05, 3.63) is 40.0 Å². The number of benzene rings is 1. The Hall–Kier alpha value is -1.71. The van der Waals surface area contributed by atoms with E-state index in [0.29, 0.717) is 5.56 Å². The van der Waals surface area contributed by atoms with Gasteiger partial charge in [-0.2, -0.15) is 5.10 Å². The summed E-state index contributed by atoms with van der Waals surface area (Å²) in [5.74, 6) is -0.554. The number of primary sulfonamides is 1. The first-order valence-electron chi connectivity index (χ1n) is 5.82. The Morgan fingerprint density at radius 3 is 2.71 bits per heavy atom. The van der Waals surface area contributed by atoms with E-state index >= 15 is 0 Å². The van der Waals surface area contributed by atoms with Crippen LogP contribution < -0.4 is 10.5 Å². The quantitative estimate of drug-likeness (QED) is 0.848. The van der Waals surface area contributed by atoms with Crippen LogP contribution in [0.3, 0.4) is 0 Å². The van der Waals surface area contributed by atoms with Crippen LogP contribution in [0.5, 0.6) is 0 Å². The summed E-state index contributed by atoms with van der Waals surface area (Å²) in [7, 11) is -2.43. The number of amides is 1. The van der Waals surface area contributed by atoms with Gasteiger partial charge in [0.25, 0.3) is 5.91 Å². The molecule has 0 fully saturated rings. The molecule has 2 aromatic rings. The van der Waals surface area contributed by atoms with Crippen molar-refractivity contribution in [1.82, 2.24) is 9.78 Å². The third-order valence-corrected chi connectivity index (χ3v) is 4.18. The molecular weight excluding hydrogens is 360 g/mol. The van der Waals surface area contributed by atoms with Crippen LogP contribution in [0.15, 0.2) is 33.8 Å². The lowest BCUT2D eigenvalue weighted by Crippen LogP contribution is -2.18. The van der Waals surface area contributed by atoms with Gasteiger partial charge in [-0.05, 0) is 24.6 Å². The van der Waals surface area contributed by atoms with E-state index in [9.17, 15) is 13.2 Å². The van der Waals surface area contributed by atoms with Gasteiger partial charge < -0.3 is 5.32 Å². The summed E-state index contributed by atoms with van der Waals surface area (Å²) in [6, 6.07) is 5.23. The molecule has 0 unspecified atom stereocenters. The van der Waals surface area contributed by atoms with Crippen molar-refractivity contribution in [2.24, 2.45) is 12.2 Å². The SMILES string of the molecule is Cc1ccc(Br)cc1C(=O)Nc1nn(C)cc1S(N)(=O)=O. The Morgan fingerprint density at radius 2 is 2.10 bits per heavy atom. The van der Waals surface area contributed by atoms with Crippen LogP contribution in [0, 0.1) is 6.92 Å². The zero-order chi connectivity index (χ0) is 15.8. The highest BCUT2D eigenvalue weighted by atomic mass is 79.9. The first-order valence-corrected chi connectivity index (χ1v) is 8.16. The molecule has 21 heavy (non-hydrogen) atoms. The van der Waals surface area contributed by atoms with Crippen LogP contribution in [0.4, 0.5) is 5.82 Å². The highest BCUT2D eigenvalue weighted by molar-refractivity contribution is 9.10. The first kappa shape index (κ1) is 15.7. The number of hydrogen-bond acceptors (Lipinski definition) is 4. The van der Waals surface area contributed by atoms with Gasteiger partial charge in [-0.3, -0.25) is 9.48 Å². The number of nitrogens with two attached hydrogens (primary N) is 1. The van der Waals surface area contributed by atoms with Gasteiger partial charge in [0.2, 0.25) is 10.0 Å². The van der Waals surface area contributed by atoms with Crippen molar-refractivity contribution < 1.29 is 13.2 Å². The molecule has 0 bridgehead atoms. The first-order chi connectivity index (χ1) is 9.68. The molecule has 0 aliphatic carbocycles. The van der Waals surface area contributed by atoms with Crippen LogP contribution in [0.1, 0.15) is 15.9 Å². The molecule has 1 aromatic heterocycles.